The first kappa shape index (κ1) is 20.5. The first-order valence-electron chi connectivity index (χ1n) is 9.32. The maximum Gasteiger partial charge on any atom is 0.342 e. The zero-order valence-electron chi connectivity index (χ0n) is 15.7. The molecule has 0 saturated heterocycles. The van der Waals surface area contributed by atoms with Gasteiger partial charge >= 0.3 is 5.97 Å². The van der Waals surface area contributed by atoms with Crippen LogP contribution in [0.1, 0.15) is 61.3 Å². The van der Waals surface area contributed by atoms with E-state index >= 15 is 0 Å². The summed E-state index contributed by atoms with van der Waals surface area (Å²) in [6.07, 6.45) is 5.44. The summed E-state index contributed by atoms with van der Waals surface area (Å²) in [6, 6.07) is -0.113. The number of carboxylic acid groups (broad SMARTS) is 1. The minimum Gasteiger partial charge on any atom is -0.477 e. The Morgan fingerprint density at radius 2 is 1.89 bits per heavy atom. The summed E-state index contributed by atoms with van der Waals surface area (Å²) >= 11 is 0. The summed E-state index contributed by atoms with van der Waals surface area (Å²) < 4.78 is 29.3. The highest BCUT2D eigenvalue weighted by atomic mass is 32.2. The van der Waals surface area contributed by atoms with E-state index in [0.29, 0.717) is 38.5 Å². The van der Waals surface area contributed by atoms with Crippen LogP contribution >= 0.6 is 0 Å². The van der Waals surface area contributed by atoms with Crippen molar-refractivity contribution < 1.29 is 32.6 Å². The van der Waals surface area contributed by atoms with Gasteiger partial charge in [0.1, 0.15) is 27.0 Å². The second-order valence-electron chi connectivity index (χ2n) is 7.62. The number of hydrogen-bond acceptors (Lipinski definition) is 7. The van der Waals surface area contributed by atoms with E-state index in [1.807, 2.05) is 0 Å². The molecular weight excluding hydrogens is 388 g/mol. The SMILES string of the molecule is CS(=O)(=O)CCCOc1nn(C2CCC3(CC2)C(=O)CCC3=O)cc1C(=O)O. The predicted octanol–water partition coefficient (Wildman–Crippen LogP) is 1.43. The van der Waals surface area contributed by atoms with Crippen molar-refractivity contribution in [3.8, 4) is 5.88 Å². The van der Waals surface area contributed by atoms with Crippen LogP contribution in [-0.2, 0) is 19.4 Å². The van der Waals surface area contributed by atoms with Crippen LogP contribution in [0, 0.1) is 5.41 Å². The summed E-state index contributed by atoms with van der Waals surface area (Å²) in [5, 5.41) is 13.6. The van der Waals surface area contributed by atoms with Gasteiger partial charge in [0, 0.05) is 25.3 Å². The van der Waals surface area contributed by atoms with E-state index < -0.39 is 21.2 Å². The molecule has 3 rings (SSSR count). The van der Waals surface area contributed by atoms with Crippen molar-refractivity contribution in [2.75, 3.05) is 18.6 Å². The van der Waals surface area contributed by atoms with Crippen LogP contribution in [0.5, 0.6) is 5.88 Å². The van der Waals surface area contributed by atoms with Crippen molar-refractivity contribution >= 4 is 27.4 Å². The largest absolute Gasteiger partial charge is 0.477 e. The number of ketones is 2. The van der Waals surface area contributed by atoms with E-state index in [4.69, 9.17) is 4.74 Å². The number of ether oxygens (including phenoxy) is 1. The molecule has 154 valence electrons. The normalized spacial score (nSPS) is 20.0. The van der Waals surface area contributed by atoms with Gasteiger partial charge in [-0.3, -0.25) is 14.3 Å². The van der Waals surface area contributed by atoms with Crippen molar-refractivity contribution in [2.45, 2.75) is 51.0 Å². The number of aromatic nitrogens is 2. The van der Waals surface area contributed by atoms with Crippen LogP contribution in [0.4, 0.5) is 0 Å². The zero-order chi connectivity index (χ0) is 20.5. The fourth-order valence-corrected chi connectivity index (χ4v) is 4.73. The van der Waals surface area contributed by atoms with E-state index in [1.165, 1.54) is 10.9 Å². The lowest BCUT2D eigenvalue weighted by Gasteiger charge is -2.34. The van der Waals surface area contributed by atoms with E-state index in [0.717, 1.165) is 6.26 Å². The number of rotatable bonds is 7. The van der Waals surface area contributed by atoms with Gasteiger partial charge in [-0.1, -0.05) is 0 Å². The van der Waals surface area contributed by atoms with Crippen LogP contribution in [-0.4, -0.2) is 59.5 Å². The van der Waals surface area contributed by atoms with Crippen LogP contribution in [0.3, 0.4) is 0 Å². The van der Waals surface area contributed by atoms with Gasteiger partial charge < -0.3 is 9.84 Å². The Morgan fingerprint density at radius 1 is 1.29 bits per heavy atom. The highest BCUT2D eigenvalue weighted by Crippen LogP contribution is 2.47. The van der Waals surface area contributed by atoms with Gasteiger partial charge in [-0.15, -0.1) is 5.10 Å². The van der Waals surface area contributed by atoms with Crippen LogP contribution in [0.2, 0.25) is 0 Å². The summed E-state index contributed by atoms with van der Waals surface area (Å²) in [5.74, 6) is -1.23. The molecule has 2 aliphatic rings. The molecule has 1 aromatic rings. The first-order valence-corrected chi connectivity index (χ1v) is 11.4. The number of aromatic carboxylic acids is 1. The molecule has 0 bridgehead atoms. The van der Waals surface area contributed by atoms with Gasteiger partial charge in [-0.05, 0) is 32.1 Å². The molecule has 2 fully saturated rings. The Balaban J connectivity index is 1.67. The van der Waals surface area contributed by atoms with E-state index in [2.05, 4.69) is 5.10 Å². The van der Waals surface area contributed by atoms with Crippen molar-refractivity contribution in [3.05, 3.63) is 11.8 Å². The molecule has 0 aromatic carbocycles. The third-order valence-corrected chi connectivity index (χ3v) is 6.69. The Labute approximate surface area is 163 Å². The first-order chi connectivity index (χ1) is 13.1. The number of Topliss-reactive ketones (excluding diaryl/α,β-unsaturated/α-hetero) is 2. The van der Waals surface area contributed by atoms with Gasteiger partial charge in [-0.25, -0.2) is 13.2 Å². The smallest absolute Gasteiger partial charge is 0.342 e. The molecule has 1 aromatic heterocycles. The average molecular weight is 412 g/mol. The maximum atomic E-state index is 12.2. The molecular formula is C18H24N2O7S. The van der Waals surface area contributed by atoms with Crippen molar-refractivity contribution in [2.24, 2.45) is 5.41 Å². The molecule has 0 aliphatic heterocycles. The highest BCUT2D eigenvalue weighted by molar-refractivity contribution is 7.90. The third kappa shape index (κ3) is 4.11. The Hall–Kier alpha value is -2.23. The topological polar surface area (TPSA) is 133 Å². The monoisotopic (exact) mass is 412 g/mol. The number of carbonyl (C=O) groups excluding carboxylic acids is 2. The number of sulfone groups is 1. The standard InChI is InChI=1S/C18H24N2O7S/c1-28(25,26)10-2-9-27-16-13(17(23)24)11-20(19-16)12-5-7-18(8-6-12)14(21)3-4-15(18)22/h11-12H,2-10H2,1H3,(H,23,24). The average Bonchev–Trinajstić information content (AvgIpc) is 3.17. The van der Waals surface area contributed by atoms with Gasteiger partial charge in [0.25, 0.3) is 0 Å². The Kier molecular flexibility index (Phi) is 5.60. The summed E-state index contributed by atoms with van der Waals surface area (Å²) in [4.78, 5) is 35.9. The lowest BCUT2D eigenvalue weighted by molar-refractivity contribution is -0.137. The molecule has 0 atom stereocenters. The molecule has 1 heterocycles. The maximum absolute atomic E-state index is 12.2. The van der Waals surface area contributed by atoms with Crippen LogP contribution < -0.4 is 4.74 Å². The second kappa shape index (κ2) is 7.65. The van der Waals surface area contributed by atoms with Gasteiger partial charge in [-0.2, -0.15) is 0 Å². The predicted molar refractivity (Wildman–Crippen MR) is 98.2 cm³/mol. The fourth-order valence-electron chi connectivity index (χ4n) is 4.08. The molecule has 9 nitrogen and oxygen atoms in total. The molecule has 1 spiro atoms. The summed E-state index contributed by atoms with van der Waals surface area (Å²) in [7, 11) is -3.11. The Morgan fingerprint density at radius 3 is 2.43 bits per heavy atom. The third-order valence-electron chi connectivity index (χ3n) is 5.66. The van der Waals surface area contributed by atoms with Crippen LogP contribution in [0.25, 0.3) is 0 Å². The minimum absolute atomic E-state index is 0.0255. The van der Waals surface area contributed by atoms with Crippen molar-refractivity contribution in [3.63, 3.8) is 0 Å². The minimum atomic E-state index is -3.11. The lowest BCUT2D eigenvalue weighted by atomic mass is 9.70. The molecule has 0 radical (unpaired) electrons. The van der Waals surface area contributed by atoms with Gasteiger partial charge in [0.2, 0.25) is 5.88 Å². The van der Waals surface area contributed by atoms with Crippen molar-refractivity contribution in [1.82, 2.24) is 9.78 Å². The lowest BCUT2D eigenvalue weighted by Crippen LogP contribution is -2.37. The highest BCUT2D eigenvalue weighted by Gasteiger charge is 2.51. The quantitative estimate of drug-likeness (QED) is 0.525. The summed E-state index contributed by atoms with van der Waals surface area (Å²) in [5.41, 5.74) is -0.933. The number of carbonyl (C=O) groups is 3. The fraction of sp³-hybridized carbons (Fsp3) is 0.667. The number of nitrogens with zero attached hydrogens (tertiary/aromatic N) is 2. The molecule has 10 heteroatoms. The Bertz CT molecular complexity index is 877. The molecule has 0 unspecified atom stereocenters. The number of carboxylic acids is 1. The van der Waals surface area contributed by atoms with Crippen LogP contribution in [0.15, 0.2) is 6.20 Å². The van der Waals surface area contributed by atoms with Gasteiger partial charge in [0.05, 0.1) is 23.8 Å². The molecule has 0 amide bonds. The summed E-state index contributed by atoms with van der Waals surface area (Å²) in [6.45, 7) is 0.0428. The zero-order valence-corrected chi connectivity index (χ0v) is 16.5. The van der Waals surface area contributed by atoms with E-state index in [9.17, 15) is 27.9 Å². The molecule has 2 saturated carbocycles. The number of hydrogen-bond donors (Lipinski definition) is 1. The van der Waals surface area contributed by atoms with Gasteiger partial charge in [0.15, 0.2) is 0 Å². The molecule has 1 N–H and O–H groups in total. The molecule has 2 aliphatic carbocycles. The second-order valence-corrected chi connectivity index (χ2v) is 9.88. The van der Waals surface area contributed by atoms with Crippen molar-refractivity contribution in [1.29, 1.82) is 0 Å². The van der Waals surface area contributed by atoms with E-state index in [1.54, 1.807) is 0 Å². The molecule has 28 heavy (non-hydrogen) atoms. The van der Waals surface area contributed by atoms with E-state index in [-0.39, 0.29) is 47.8 Å².